The third-order valence-electron chi connectivity index (χ3n) is 0.598. The van der Waals surface area contributed by atoms with Crippen molar-refractivity contribution in [1.29, 1.82) is 0 Å². The summed E-state index contributed by atoms with van der Waals surface area (Å²) in [5.74, 6) is 0. The van der Waals surface area contributed by atoms with Gasteiger partial charge in [0.25, 0.3) is 0 Å². The van der Waals surface area contributed by atoms with Gasteiger partial charge in [0, 0.05) is 5.69 Å². The summed E-state index contributed by atoms with van der Waals surface area (Å²) >= 11 is 0. The van der Waals surface area contributed by atoms with E-state index < -0.39 is 0 Å². The minimum absolute atomic E-state index is 0. The number of hydrogen-bond donors (Lipinski definition) is 0. The van der Waals surface area contributed by atoms with Crippen molar-refractivity contribution < 1.29 is 51.4 Å². The van der Waals surface area contributed by atoms with Crippen LogP contribution in [0.15, 0.2) is 12.3 Å². The molecule has 1 heterocycles. The average molecular weight is 120 g/mol. The normalized spacial score (nSPS) is 7.57. The molecule has 0 atom stereocenters. The molecule has 3 heteroatoms. The van der Waals surface area contributed by atoms with Gasteiger partial charge in [0.15, 0.2) is 0 Å². The molecule has 1 aromatic heterocycles. The van der Waals surface area contributed by atoms with Gasteiger partial charge in [0.05, 0.1) is 0 Å². The number of aromatic nitrogens is 2. The monoisotopic (exact) mass is 120 g/mol. The minimum atomic E-state index is 0. The van der Waals surface area contributed by atoms with Gasteiger partial charge in [0.1, 0.15) is 0 Å². The Morgan fingerprint density at radius 3 is 2.57 bits per heavy atom. The van der Waals surface area contributed by atoms with E-state index in [4.69, 9.17) is 0 Å². The van der Waals surface area contributed by atoms with E-state index in [2.05, 4.69) is 10.2 Å². The molecule has 0 spiro atoms. The first-order chi connectivity index (χ1) is 2.89. The van der Waals surface area contributed by atoms with Gasteiger partial charge >= 0.3 is 51.4 Å². The standard InChI is InChI=1S/C4H5N2.K/c1-4-2-3-5-6-4;/h2-3H,1H3;/q-1;+1. The van der Waals surface area contributed by atoms with E-state index in [1.165, 1.54) is 0 Å². The van der Waals surface area contributed by atoms with Crippen LogP contribution in [0.4, 0.5) is 0 Å². The summed E-state index contributed by atoms with van der Waals surface area (Å²) in [6.45, 7) is 1.91. The predicted molar refractivity (Wildman–Crippen MR) is 22.3 cm³/mol. The predicted octanol–water partition coefficient (Wildman–Crippen LogP) is -2.65. The van der Waals surface area contributed by atoms with Crippen LogP contribution >= 0.6 is 0 Å². The van der Waals surface area contributed by atoms with Gasteiger partial charge in [-0.1, -0.05) is 6.07 Å². The summed E-state index contributed by atoms with van der Waals surface area (Å²) < 4.78 is 0. The number of rotatable bonds is 0. The molecule has 0 aromatic carbocycles. The quantitative estimate of drug-likeness (QED) is 0.350. The Kier molecular flexibility index (Phi) is 4.26. The Balaban J connectivity index is 0.000000360. The van der Waals surface area contributed by atoms with Crippen LogP contribution in [0.25, 0.3) is 0 Å². The van der Waals surface area contributed by atoms with Crippen molar-refractivity contribution >= 4 is 0 Å². The molecule has 0 saturated heterocycles. The fourth-order valence-electron chi connectivity index (χ4n) is 0.299. The maximum absolute atomic E-state index is 3.67. The van der Waals surface area contributed by atoms with Crippen molar-refractivity contribution in [2.75, 3.05) is 0 Å². The molecule has 2 nitrogen and oxygen atoms in total. The van der Waals surface area contributed by atoms with Crippen LogP contribution in [0.3, 0.4) is 0 Å². The van der Waals surface area contributed by atoms with E-state index in [0.717, 1.165) is 5.69 Å². The van der Waals surface area contributed by atoms with Crippen molar-refractivity contribution in [2.24, 2.45) is 0 Å². The van der Waals surface area contributed by atoms with Crippen molar-refractivity contribution in [2.45, 2.75) is 6.92 Å². The Labute approximate surface area is 85.1 Å². The van der Waals surface area contributed by atoms with Crippen molar-refractivity contribution in [3.63, 3.8) is 0 Å². The van der Waals surface area contributed by atoms with E-state index >= 15 is 0 Å². The van der Waals surface area contributed by atoms with Gasteiger partial charge < -0.3 is 10.2 Å². The molecule has 7 heavy (non-hydrogen) atoms. The Hall–Kier alpha value is 0.846. The summed E-state index contributed by atoms with van der Waals surface area (Å²) in [5, 5.41) is 7.24. The van der Waals surface area contributed by atoms with Crippen LogP contribution in [0.1, 0.15) is 5.69 Å². The summed E-state index contributed by atoms with van der Waals surface area (Å²) in [4.78, 5) is 0. The molecular formula is C4H5KN2. The molecule has 0 fully saturated rings. The van der Waals surface area contributed by atoms with Crippen LogP contribution in [-0.4, -0.2) is 5.10 Å². The second kappa shape index (κ2) is 3.80. The number of hydrogen-bond acceptors (Lipinski definition) is 1. The first-order valence-electron chi connectivity index (χ1n) is 1.80. The fraction of sp³-hybridized carbons (Fsp3) is 0.250. The topological polar surface area (TPSA) is 27.0 Å². The molecule has 0 aliphatic carbocycles. The fourth-order valence-corrected chi connectivity index (χ4v) is 0.299. The zero-order valence-electron chi connectivity index (χ0n) is 4.55. The summed E-state index contributed by atoms with van der Waals surface area (Å²) in [6.07, 6.45) is 1.68. The Morgan fingerprint density at radius 2 is 2.43 bits per heavy atom. The third kappa shape index (κ3) is 2.61. The molecular weight excluding hydrogens is 115 g/mol. The molecule has 32 valence electrons. The molecule has 0 N–H and O–H groups in total. The van der Waals surface area contributed by atoms with Crippen LogP contribution in [-0.2, 0) is 0 Å². The van der Waals surface area contributed by atoms with Crippen LogP contribution in [0, 0.1) is 6.92 Å². The van der Waals surface area contributed by atoms with E-state index in [9.17, 15) is 0 Å². The Bertz CT molecular complexity index is 113. The molecule has 0 aliphatic rings. The maximum atomic E-state index is 3.67. The average Bonchev–Trinajstić information content (AvgIpc) is 1.86. The van der Waals surface area contributed by atoms with E-state index in [1.54, 1.807) is 6.20 Å². The zero-order chi connectivity index (χ0) is 4.41. The summed E-state index contributed by atoms with van der Waals surface area (Å²) in [6, 6.07) is 1.86. The molecule has 0 unspecified atom stereocenters. The van der Waals surface area contributed by atoms with Gasteiger partial charge in [-0.15, -0.1) is 0 Å². The molecule has 0 bridgehead atoms. The molecule has 1 aromatic rings. The zero-order valence-corrected chi connectivity index (χ0v) is 7.67. The number of nitrogens with zero attached hydrogens (tertiary/aromatic N) is 2. The second-order valence-electron chi connectivity index (χ2n) is 1.17. The Morgan fingerprint density at radius 1 is 1.71 bits per heavy atom. The van der Waals surface area contributed by atoms with Crippen molar-refractivity contribution in [3.05, 3.63) is 18.0 Å². The van der Waals surface area contributed by atoms with Gasteiger partial charge in [0.2, 0.25) is 0 Å². The molecule has 1 rings (SSSR count). The SMILES string of the molecule is Cc1cc[n-]n1.[K+]. The van der Waals surface area contributed by atoms with Gasteiger partial charge in [-0.05, 0) is 6.92 Å². The summed E-state index contributed by atoms with van der Waals surface area (Å²) in [7, 11) is 0. The molecule has 0 radical (unpaired) electrons. The van der Waals surface area contributed by atoms with Gasteiger partial charge in [-0.2, -0.15) is 6.20 Å². The maximum Gasteiger partial charge on any atom is 1.00 e. The van der Waals surface area contributed by atoms with Crippen LogP contribution in [0.5, 0.6) is 0 Å². The van der Waals surface area contributed by atoms with Crippen molar-refractivity contribution in [1.82, 2.24) is 10.2 Å². The first-order valence-corrected chi connectivity index (χ1v) is 1.80. The second-order valence-corrected chi connectivity index (χ2v) is 1.17. The van der Waals surface area contributed by atoms with Gasteiger partial charge in [-0.25, -0.2) is 0 Å². The van der Waals surface area contributed by atoms with E-state index in [1.807, 2.05) is 13.0 Å². The van der Waals surface area contributed by atoms with Gasteiger partial charge in [-0.3, -0.25) is 0 Å². The molecule has 0 aliphatic heterocycles. The largest absolute Gasteiger partial charge is 1.00 e. The minimum Gasteiger partial charge on any atom is -0.582 e. The summed E-state index contributed by atoms with van der Waals surface area (Å²) in [5.41, 5.74) is 0.981. The van der Waals surface area contributed by atoms with E-state index in [-0.39, 0.29) is 51.4 Å². The smallest absolute Gasteiger partial charge is 0.582 e. The number of aryl methyl sites for hydroxylation is 1. The van der Waals surface area contributed by atoms with E-state index in [0.29, 0.717) is 0 Å². The molecule has 0 amide bonds. The van der Waals surface area contributed by atoms with Crippen molar-refractivity contribution in [3.8, 4) is 0 Å². The first kappa shape index (κ1) is 7.85. The molecule has 0 saturated carbocycles. The van der Waals surface area contributed by atoms with Crippen LogP contribution < -0.4 is 56.5 Å². The third-order valence-corrected chi connectivity index (χ3v) is 0.598. The van der Waals surface area contributed by atoms with Crippen LogP contribution in [0.2, 0.25) is 0 Å².